The van der Waals surface area contributed by atoms with Gasteiger partial charge in [0.05, 0.1) is 12.8 Å². The molecule has 0 aliphatic carbocycles. The van der Waals surface area contributed by atoms with Crippen molar-refractivity contribution in [1.82, 2.24) is 15.0 Å². The van der Waals surface area contributed by atoms with Gasteiger partial charge in [-0.3, -0.25) is 4.98 Å². The van der Waals surface area contributed by atoms with Gasteiger partial charge in [0.1, 0.15) is 11.3 Å². The fourth-order valence-electron chi connectivity index (χ4n) is 2.89. The van der Waals surface area contributed by atoms with Crippen molar-refractivity contribution in [1.29, 1.82) is 0 Å². The maximum absolute atomic E-state index is 6.04. The highest BCUT2D eigenvalue weighted by Crippen LogP contribution is 2.31. The van der Waals surface area contributed by atoms with Crippen LogP contribution in [0.2, 0.25) is 10.0 Å². The van der Waals surface area contributed by atoms with E-state index in [2.05, 4.69) is 25.6 Å². The number of anilines is 2. The number of aromatic amines is 1. The predicted octanol–water partition coefficient (Wildman–Crippen LogP) is 5.75. The van der Waals surface area contributed by atoms with Crippen LogP contribution in [0.15, 0.2) is 54.9 Å². The number of thiocarbonyl (C=S) groups is 1. The summed E-state index contributed by atoms with van der Waals surface area (Å²) in [5.41, 5.74) is 4.72. The molecule has 0 spiro atoms. The van der Waals surface area contributed by atoms with Crippen molar-refractivity contribution in [2.75, 3.05) is 17.7 Å². The molecule has 0 aliphatic rings. The number of ether oxygens (including phenoxy) is 1. The third-order valence-electron chi connectivity index (χ3n) is 4.14. The zero-order chi connectivity index (χ0) is 20.4. The summed E-state index contributed by atoms with van der Waals surface area (Å²) in [7, 11) is 1.60. The quantitative estimate of drug-likeness (QED) is 0.348. The van der Waals surface area contributed by atoms with E-state index >= 15 is 0 Å². The zero-order valence-corrected chi connectivity index (χ0v) is 17.5. The number of nitrogens with zero attached hydrogens (tertiary/aromatic N) is 2. The van der Waals surface area contributed by atoms with Gasteiger partial charge in [-0.2, -0.15) is 0 Å². The molecule has 0 bridgehead atoms. The summed E-state index contributed by atoms with van der Waals surface area (Å²) in [6.07, 6.45) is 3.31. The minimum Gasteiger partial charge on any atom is -0.495 e. The van der Waals surface area contributed by atoms with E-state index in [0.717, 1.165) is 22.4 Å². The van der Waals surface area contributed by atoms with E-state index in [-0.39, 0.29) is 0 Å². The second-order valence-electron chi connectivity index (χ2n) is 6.13. The minimum atomic E-state index is 0.374. The average molecular weight is 444 g/mol. The highest BCUT2D eigenvalue weighted by Gasteiger charge is 2.11. The third kappa shape index (κ3) is 4.42. The van der Waals surface area contributed by atoms with Gasteiger partial charge in [-0.05, 0) is 54.7 Å². The molecule has 0 radical (unpaired) electrons. The lowest BCUT2D eigenvalue weighted by Crippen LogP contribution is -2.19. The third-order valence-corrected chi connectivity index (χ3v) is 4.78. The van der Waals surface area contributed by atoms with Gasteiger partial charge in [0.15, 0.2) is 10.8 Å². The van der Waals surface area contributed by atoms with Gasteiger partial charge in [-0.1, -0.05) is 23.2 Å². The SMILES string of the molecule is COc1ccc(-c2cc3nccnc3[nH]2)cc1NC(=S)Nc1cc(Cl)cc(Cl)c1. The van der Waals surface area contributed by atoms with Crippen LogP contribution in [0.5, 0.6) is 5.75 Å². The average Bonchev–Trinajstić information content (AvgIpc) is 3.11. The Kier molecular flexibility index (Phi) is 5.53. The Morgan fingerprint density at radius 3 is 2.48 bits per heavy atom. The maximum Gasteiger partial charge on any atom is 0.175 e. The van der Waals surface area contributed by atoms with Gasteiger partial charge in [0, 0.05) is 39.4 Å². The molecule has 9 heteroatoms. The number of hydrogen-bond donors (Lipinski definition) is 3. The molecule has 0 atom stereocenters. The van der Waals surface area contributed by atoms with Crippen LogP contribution in [0.4, 0.5) is 11.4 Å². The van der Waals surface area contributed by atoms with Crippen LogP contribution in [0.3, 0.4) is 0 Å². The first-order chi connectivity index (χ1) is 14.0. The van der Waals surface area contributed by atoms with Crippen LogP contribution in [-0.2, 0) is 0 Å². The Labute approximate surface area is 182 Å². The molecule has 0 unspecified atom stereocenters. The summed E-state index contributed by atoms with van der Waals surface area (Å²) >= 11 is 17.5. The van der Waals surface area contributed by atoms with E-state index < -0.39 is 0 Å². The van der Waals surface area contributed by atoms with Gasteiger partial charge in [0.2, 0.25) is 0 Å². The molecule has 0 aliphatic heterocycles. The van der Waals surface area contributed by atoms with Crippen LogP contribution in [0.1, 0.15) is 0 Å². The Morgan fingerprint density at radius 2 is 1.76 bits per heavy atom. The predicted molar refractivity (Wildman–Crippen MR) is 122 cm³/mol. The summed E-state index contributed by atoms with van der Waals surface area (Å²) < 4.78 is 5.46. The molecule has 3 N–H and O–H groups in total. The minimum absolute atomic E-state index is 0.374. The number of halogens is 2. The van der Waals surface area contributed by atoms with Gasteiger partial charge in [-0.25, -0.2) is 4.98 Å². The summed E-state index contributed by atoms with van der Waals surface area (Å²) in [6.45, 7) is 0. The van der Waals surface area contributed by atoms with Crippen molar-refractivity contribution in [3.63, 3.8) is 0 Å². The number of rotatable bonds is 4. The van der Waals surface area contributed by atoms with E-state index in [1.807, 2.05) is 24.3 Å². The van der Waals surface area contributed by atoms with Crippen LogP contribution >= 0.6 is 35.4 Å². The molecule has 2 heterocycles. The molecule has 0 saturated carbocycles. The lowest BCUT2D eigenvalue weighted by atomic mass is 10.1. The molecule has 146 valence electrons. The second-order valence-corrected chi connectivity index (χ2v) is 7.41. The molecule has 0 saturated heterocycles. The number of hydrogen-bond acceptors (Lipinski definition) is 4. The van der Waals surface area contributed by atoms with Crippen LogP contribution in [0.25, 0.3) is 22.4 Å². The normalized spacial score (nSPS) is 10.7. The first-order valence-corrected chi connectivity index (χ1v) is 9.70. The van der Waals surface area contributed by atoms with Crippen molar-refractivity contribution in [2.45, 2.75) is 0 Å². The van der Waals surface area contributed by atoms with E-state index in [1.54, 1.807) is 37.7 Å². The summed E-state index contributed by atoms with van der Waals surface area (Å²) in [5, 5.41) is 7.64. The number of benzene rings is 2. The summed E-state index contributed by atoms with van der Waals surface area (Å²) in [6, 6.07) is 12.8. The number of fused-ring (bicyclic) bond motifs is 1. The molecular weight excluding hydrogens is 429 g/mol. The standard InChI is InChI=1S/C20H15Cl2N5OS/c1-28-18-3-2-11(15-10-17-19(26-15)24-5-4-23-17)6-16(18)27-20(29)25-14-8-12(21)7-13(22)9-14/h2-10H,1H3,(H,24,26)(H2,25,27,29). The summed E-state index contributed by atoms with van der Waals surface area (Å²) in [4.78, 5) is 11.9. The monoisotopic (exact) mass is 443 g/mol. The van der Waals surface area contributed by atoms with E-state index in [1.165, 1.54) is 0 Å². The van der Waals surface area contributed by atoms with E-state index in [9.17, 15) is 0 Å². The lowest BCUT2D eigenvalue weighted by Gasteiger charge is -2.15. The first-order valence-electron chi connectivity index (χ1n) is 8.54. The molecular formula is C20H15Cl2N5OS. The number of H-pyrrole nitrogens is 1. The molecule has 4 aromatic rings. The highest BCUT2D eigenvalue weighted by molar-refractivity contribution is 7.80. The Morgan fingerprint density at radius 1 is 1.00 bits per heavy atom. The maximum atomic E-state index is 6.04. The molecule has 2 aromatic heterocycles. The van der Waals surface area contributed by atoms with Crippen LogP contribution in [-0.4, -0.2) is 27.2 Å². The van der Waals surface area contributed by atoms with Gasteiger partial charge in [0.25, 0.3) is 0 Å². The lowest BCUT2D eigenvalue weighted by molar-refractivity contribution is 0.417. The molecule has 6 nitrogen and oxygen atoms in total. The van der Waals surface area contributed by atoms with Crippen molar-refractivity contribution >= 4 is 63.1 Å². The van der Waals surface area contributed by atoms with Gasteiger partial charge in [-0.15, -0.1) is 0 Å². The Bertz CT molecular complexity index is 1160. The topological polar surface area (TPSA) is 74.9 Å². The molecule has 4 rings (SSSR count). The van der Waals surface area contributed by atoms with E-state index in [4.69, 9.17) is 40.2 Å². The van der Waals surface area contributed by atoms with Crippen molar-refractivity contribution in [3.8, 4) is 17.0 Å². The second kappa shape index (κ2) is 8.24. The molecule has 0 fully saturated rings. The first kappa shape index (κ1) is 19.4. The van der Waals surface area contributed by atoms with Gasteiger partial charge >= 0.3 is 0 Å². The van der Waals surface area contributed by atoms with Crippen LogP contribution in [0, 0.1) is 0 Å². The largest absolute Gasteiger partial charge is 0.495 e. The summed E-state index contributed by atoms with van der Waals surface area (Å²) in [5.74, 6) is 0.648. The van der Waals surface area contributed by atoms with Crippen LogP contribution < -0.4 is 15.4 Å². The highest BCUT2D eigenvalue weighted by atomic mass is 35.5. The van der Waals surface area contributed by atoms with Crippen molar-refractivity contribution < 1.29 is 4.74 Å². The smallest absolute Gasteiger partial charge is 0.175 e. The van der Waals surface area contributed by atoms with E-state index in [0.29, 0.717) is 32.3 Å². The molecule has 0 amide bonds. The van der Waals surface area contributed by atoms with Crippen molar-refractivity contribution in [3.05, 3.63) is 64.9 Å². The van der Waals surface area contributed by atoms with Crippen molar-refractivity contribution in [2.24, 2.45) is 0 Å². The number of methoxy groups -OCH3 is 1. The molecule has 29 heavy (non-hydrogen) atoms. The zero-order valence-electron chi connectivity index (χ0n) is 15.2. The number of aromatic nitrogens is 3. The van der Waals surface area contributed by atoms with Gasteiger partial charge < -0.3 is 20.4 Å². The number of nitrogens with one attached hydrogen (secondary N) is 3. The Hall–Kier alpha value is -2.87. The Balaban J connectivity index is 1.60. The molecule has 2 aromatic carbocycles. The fourth-order valence-corrected chi connectivity index (χ4v) is 3.64. The fraction of sp³-hybridized carbons (Fsp3) is 0.0500.